The number of rotatable bonds is 3. The number of fused-ring (bicyclic) bond motifs is 1. The molecule has 3 aromatic rings. The van der Waals surface area contributed by atoms with Gasteiger partial charge in [-0.05, 0) is 52.3 Å². The van der Waals surface area contributed by atoms with E-state index in [9.17, 15) is 9.90 Å². The van der Waals surface area contributed by atoms with E-state index in [-0.39, 0.29) is 11.5 Å². The van der Waals surface area contributed by atoms with E-state index in [0.29, 0.717) is 32.3 Å². The molecule has 5 heteroatoms. The first-order valence-electron chi connectivity index (χ1n) is 9.18. The maximum atomic E-state index is 12.5. The third-order valence-corrected chi connectivity index (χ3v) is 3.80. The molecule has 2 aromatic carbocycles. The normalized spacial score (nSPS) is 9.04. The number of phenolic OH excluding ortho intramolecular Hbond substituents is 1. The van der Waals surface area contributed by atoms with Crippen molar-refractivity contribution in [2.24, 2.45) is 0 Å². The first kappa shape index (κ1) is 24.7. The molecule has 0 unspecified atom stereocenters. The Kier molecular flexibility index (Phi) is 11.9. The van der Waals surface area contributed by atoms with Crippen LogP contribution in [0.15, 0.2) is 51.6 Å². The Labute approximate surface area is 170 Å². The van der Waals surface area contributed by atoms with Crippen LogP contribution in [0.2, 0.25) is 0 Å². The highest BCUT2D eigenvalue weighted by Gasteiger charge is 2.18. The Bertz CT molecular complexity index is 820. The molecule has 1 heterocycles. The fourth-order valence-electron chi connectivity index (χ4n) is 2.15. The zero-order valence-corrected chi connectivity index (χ0v) is 18.7. The Hall–Kier alpha value is -2.27. The zero-order valence-electron chi connectivity index (χ0n) is 17.1. The van der Waals surface area contributed by atoms with Gasteiger partial charge in [0.15, 0.2) is 5.78 Å². The van der Waals surface area contributed by atoms with E-state index in [2.05, 4.69) is 15.9 Å². The molecule has 1 aromatic heterocycles. The van der Waals surface area contributed by atoms with Gasteiger partial charge in [0.2, 0.25) is 0 Å². The van der Waals surface area contributed by atoms with Crippen molar-refractivity contribution in [3.05, 3.63) is 58.3 Å². The Morgan fingerprint density at radius 3 is 2.07 bits per heavy atom. The molecule has 148 valence electrons. The van der Waals surface area contributed by atoms with Crippen LogP contribution in [-0.4, -0.2) is 18.0 Å². The summed E-state index contributed by atoms with van der Waals surface area (Å²) in [6, 6.07) is 9.87. The summed E-state index contributed by atoms with van der Waals surface area (Å²) in [4.78, 5) is 12.5. The molecule has 0 saturated carbocycles. The second-order valence-electron chi connectivity index (χ2n) is 4.51. The SMILES string of the molecule is CC.CC.CC.COc1ccc(C(=O)c2coc3c(Br)cc(O)cc23)cc1. The second kappa shape index (κ2) is 13.0. The molecule has 0 saturated heterocycles. The lowest BCUT2D eigenvalue weighted by Gasteiger charge is -2.02. The summed E-state index contributed by atoms with van der Waals surface area (Å²) in [5.41, 5.74) is 1.47. The maximum absolute atomic E-state index is 12.5. The van der Waals surface area contributed by atoms with Crippen molar-refractivity contribution in [2.75, 3.05) is 7.11 Å². The van der Waals surface area contributed by atoms with Gasteiger partial charge in [0.05, 0.1) is 17.1 Å². The fraction of sp³-hybridized carbons (Fsp3) is 0.318. The molecule has 27 heavy (non-hydrogen) atoms. The molecule has 0 amide bonds. The number of carbonyl (C=O) groups is 1. The van der Waals surface area contributed by atoms with Crippen LogP contribution in [0.4, 0.5) is 0 Å². The lowest BCUT2D eigenvalue weighted by atomic mass is 10.0. The van der Waals surface area contributed by atoms with Crippen LogP contribution in [0.1, 0.15) is 57.5 Å². The molecule has 4 nitrogen and oxygen atoms in total. The minimum absolute atomic E-state index is 0.0690. The number of benzene rings is 2. The third kappa shape index (κ3) is 6.14. The molecule has 1 N–H and O–H groups in total. The quantitative estimate of drug-likeness (QED) is 0.440. The van der Waals surface area contributed by atoms with E-state index in [1.165, 1.54) is 18.4 Å². The van der Waals surface area contributed by atoms with Crippen molar-refractivity contribution >= 4 is 32.7 Å². The smallest absolute Gasteiger partial charge is 0.196 e. The molecule has 0 spiro atoms. The summed E-state index contributed by atoms with van der Waals surface area (Å²) >= 11 is 3.30. The number of halogens is 1. The lowest BCUT2D eigenvalue weighted by molar-refractivity contribution is 0.103. The molecule has 0 bridgehead atoms. The van der Waals surface area contributed by atoms with E-state index in [4.69, 9.17) is 9.15 Å². The average Bonchev–Trinajstić information content (AvgIpc) is 3.16. The lowest BCUT2D eigenvalue weighted by Crippen LogP contribution is -2.00. The Balaban J connectivity index is 0.00000103. The molecule has 0 aliphatic heterocycles. The largest absolute Gasteiger partial charge is 0.508 e. The minimum atomic E-state index is -0.172. The summed E-state index contributed by atoms with van der Waals surface area (Å²) in [6.07, 6.45) is 1.40. The Morgan fingerprint density at radius 2 is 1.56 bits per heavy atom. The van der Waals surface area contributed by atoms with Gasteiger partial charge in [0.25, 0.3) is 0 Å². The number of hydrogen-bond acceptors (Lipinski definition) is 4. The standard InChI is InChI=1S/C16H11BrO4.3C2H6/c1-20-11-4-2-9(3-5-11)15(19)13-8-21-16-12(13)6-10(18)7-14(16)17;3*1-2/h2-8,18H,1H3;3*1-2H3. The molecular weight excluding hydrogens is 408 g/mol. The topological polar surface area (TPSA) is 59.7 Å². The van der Waals surface area contributed by atoms with Crippen LogP contribution in [0.5, 0.6) is 11.5 Å². The number of methoxy groups -OCH3 is 1. The van der Waals surface area contributed by atoms with Crippen LogP contribution in [0.3, 0.4) is 0 Å². The number of phenols is 1. The summed E-state index contributed by atoms with van der Waals surface area (Å²) in [5, 5.41) is 10.2. The van der Waals surface area contributed by atoms with Crippen LogP contribution in [0.25, 0.3) is 11.0 Å². The molecule has 0 atom stereocenters. The Morgan fingerprint density at radius 1 is 1.00 bits per heavy atom. The van der Waals surface area contributed by atoms with E-state index >= 15 is 0 Å². The number of carbonyl (C=O) groups excluding carboxylic acids is 1. The number of ether oxygens (including phenoxy) is 1. The minimum Gasteiger partial charge on any atom is -0.508 e. The van der Waals surface area contributed by atoms with Crippen molar-refractivity contribution in [1.82, 2.24) is 0 Å². The first-order chi connectivity index (χ1) is 13.1. The van der Waals surface area contributed by atoms with E-state index in [1.807, 2.05) is 41.5 Å². The highest BCUT2D eigenvalue weighted by atomic mass is 79.9. The number of furan rings is 1. The molecule has 0 aliphatic rings. The second-order valence-corrected chi connectivity index (χ2v) is 5.37. The zero-order chi connectivity index (χ0) is 21.0. The van der Waals surface area contributed by atoms with Crippen molar-refractivity contribution in [3.8, 4) is 11.5 Å². The van der Waals surface area contributed by atoms with Crippen molar-refractivity contribution in [1.29, 1.82) is 0 Å². The van der Waals surface area contributed by atoms with Crippen LogP contribution in [0, 0.1) is 0 Å². The summed E-state index contributed by atoms with van der Waals surface area (Å²) in [6.45, 7) is 12.0. The van der Waals surface area contributed by atoms with Gasteiger partial charge in [0, 0.05) is 10.9 Å². The average molecular weight is 437 g/mol. The highest BCUT2D eigenvalue weighted by molar-refractivity contribution is 9.10. The predicted molar refractivity (Wildman–Crippen MR) is 116 cm³/mol. The van der Waals surface area contributed by atoms with Gasteiger partial charge in [0.1, 0.15) is 23.3 Å². The highest BCUT2D eigenvalue weighted by Crippen LogP contribution is 2.33. The molecule has 0 fully saturated rings. The van der Waals surface area contributed by atoms with Gasteiger partial charge >= 0.3 is 0 Å². The first-order valence-corrected chi connectivity index (χ1v) is 9.98. The van der Waals surface area contributed by atoms with Crippen LogP contribution >= 0.6 is 15.9 Å². The third-order valence-electron chi connectivity index (χ3n) is 3.21. The van der Waals surface area contributed by atoms with E-state index in [0.717, 1.165) is 0 Å². The molecule has 3 rings (SSSR count). The van der Waals surface area contributed by atoms with Crippen LogP contribution < -0.4 is 4.74 Å². The van der Waals surface area contributed by atoms with Gasteiger partial charge < -0.3 is 14.3 Å². The van der Waals surface area contributed by atoms with Gasteiger partial charge in [-0.2, -0.15) is 0 Å². The number of ketones is 1. The summed E-state index contributed by atoms with van der Waals surface area (Å²) in [7, 11) is 1.57. The van der Waals surface area contributed by atoms with E-state index < -0.39 is 0 Å². The van der Waals surface area contributed by atoms with Gasteiger partial charge in [-0.1, -0.05) is 41.5 Å². The van der Waals surface area contributed by atoms with Gasteiger partial charge in [-0.25, -0.2) is 0 Å². The van der Waals surface area contributed by atoms with Gasteiger partial charge in [-0.15, -0.1) is 0 Å². The van der Waals surface area contributed by atoms with E-state index in [1.54, 1.807) is 31.4 Å². The number of aromatic hydroxyl groups is 1. The molecule has 0 radical (unpaired) electrons. The number of hydrogen-bond donors (Lipinski definition) is 1. The van der Waals surface area contributed by atoms with Crippen LogP contribution in [-0.2, 0) is 0 Å². The molecular formula is C22H29BrO4. The van der Waals surface area contributed by atoms with Crippen molar-refractivity contribution in [2.45, 2.75) is 41.5 Å². The summed E-state index contributed by atoms with van der Waals surface area (Å²) < 4.78 is 11.1. The monoisotopic (exact) mass is 436 g/mol. The van der Waals surface area contributed by atoms with Crippen molar-refractivity contribution < 1.29 is 19.1 Å². The molecule has 0 aliphatic carbocycles. The maximum Gasteiger partial charge on any atom is 0.196 e. The van der Waals surface area contributed by atoms with Crippen molar-refractivity contribution in [3.63, 3.8) is 0 Å². The predicted octanol–water partition coefficient (Wildman–Crippen LogP) is 7.22. The van der Waals surface area contributed by atoms with Gasteiger partial charge in [-0.3, -0.25) is 4.79 Å². The fourth-order valence-corrected chi connectivity index (χ4v) is 2.70. The summed E-state index contributed by atoms with van der Waals surface area (Å²) in [5.74, 6) is 0.581.